The summed E-state index contributed by atoms with van der Waals surface area (Å²) in [6.07, 6.45) is 1.05. The topological polar surface area (TPSA) is 35.5 Å². The molecule has 1 aliphatic rings. The van der Waals surface area contributed by atoms with Crippen molar-refractivity contribution in [2.75, 3.05) is 13.2 Å². The second-order valence-corrected chi connectivity index (χ2v) is 6.21. The first kappa shape index (κ1) is 14.5. The van der Waals surface area contributed by atoms with Crippen molar-refractivity contribution in [3.05, 3.63) is 63.2 Å². The molecule has 0 spiro atoms. The standard InChI is InChI=1S/C17H15IO3/c18-14-3-1-2-13(10-14)17(19)12-4-6-15(7-5-12)21-16-8-9-20-11-16/h1-7,10,16H,8-9,11H2/t16-/m0/s1. The molecular formula is C17H15IO3. The number of halogens is 1. The molecule has 3 nitrogen and oxygen atoms in total. The summed E-state index contributed by atoms with van der Waals surface area (Å²) in [4.78, 5) is 12.4. The van der Waals surface area contributed by atoms with Gasteiger partial charge in [-0.15, -0.1) is 0 Å². The van der Waals surface area contributed by atoms with Crippen LogP contribution in [0.15, 0.2) is 48.5 Å². The molecular weight excluding hydrogens is 379 g/mol. The van der Waals surface area contributed by atoms with E-state index in [2.05, 4.69) is 22.6 Å². The fourth-order valence-electron chi connectivity index (χ4n) is 2.28. The lowest BCUT2D eigenvalue weighted by Gasteiger charge is -2.12. The van der Waals surface area contributed by atoms with Gasteiger partial charge in [-0.1, -0.05) is 12.1 Å². The Kier molecular flexibility index (Phi) is 4.55. The van der Waals surface area contributed by atoms with E-state index >= 15 is 0 Å². The molecule has 1 saturated heterocycles. The predicted octanol–water partition coefficient (Wildman–Crippen LogP) is 3.69. The summed E-state index contributed by atoms with van der Waals surface area (Å²) in [6.45, 7) is 1.40. The van der Waals surface area contributed by atoms with E-state index in [4.69, 9.17) is 9.47 Å². The number of carbonyl (C=O) groups excluding carboxylic acids is 1. The van der Waals surface area contributed by atoms with Crippen LogP contribution in [0.25, 0.3) is 0 Å². The number of ether oxygens (including phenoxy) is 2. The lowest BCUT2D eigenvalue weighted by atomic mass is 10.0. The van der Waals surface area contributed by atoms with Crippen LogP contribution in [0.2, 0.25) is 0 Å². The molecule has 0 aromatic heterocycles. The summed E-state index contributed by atoms with van der Waals surface area (Å²) in [5.41, 5.74) is 1.38. The smallest absolute Gasteiger partial charge is 0.193 e. The van der Waals surface area contributed by atoms with Crippen LogP contribution in [0.5, 0.6) is 5.75 Å². The minimum absolute atomic E-state index is 0.0317. The Balaban J connectivity index is 1.72. The van der Waals surface area contributed by atoms with Gasteiger partial charge in [0.15, 0.2) is 5.78 Å². The van der Waals surface area contributed by atoms with Crippen molar-refractivity contribution in [1.82, 2.24) is 0 Å². The molecule has 1 atom stereocenters. The summed E-state index contributed by atoms with van der Waals surface area (Å²) in [7, 11) is 0. The van der Waals surface area contributed by atoms with E-state index in [0.717, 1.165) is 22.3 Å². The average Bonchev–Trinajstić information content (AvgIpc) is 3.00. The number of hydrogen-bond acceptors (Lipinski definition) is 3. The van der Waals surface area contributed by atoms with Crippen LogP contribution in [0.4, 0.5) is 0 Å². The maximum Gasteiger partial charge on any atom is 0.193 e. The van der Waals surface area contributed by atoms with Gasteiger partial charge >= 0.3 is 0 Å². The molecule has 0 aliphatic carbocycles. The molecule has 2 aromatic rings. The molecule has 21 heavy (non-hydrogen) atoms. The third-order valence-corrected chi connectivity index (χ3v) is 4.06. The first-order chi connectivity index (χ1) is 10.2. The van der Waals surface area contributed by atoms with Gasteiger partial charge in [0.2, 0.25) is 0 Å². The second-order valence-electron chi connectivity index (χ2n) is 4.97. The van der Waals surface area contributed by atoms with Crippen molar-refractivity contribution < 1.29 is 14.3 Å². The van der Waals surface area contributed by atoms with E-state index in [1.54, 1.807) is 0 Å². The Bertz CT molecular complexity index is 631. The van der Waals surface area contributed by atoms with Gasteiger partial charge in [0.25, 0.3) is 0 Å². The Labute approximate surface area is 137 Å². The summed E-state index contributed by atoms with van der Waals surface area (Å²) >= 11 is 2.21. The molecule has 4 heteroatoms. The van der Waals surface area contributed by atoms with Crippen molar-refractivity contribution >= 4 is 28.4 Å². The Hall–Kier alpha value is -1.40. The first-order valence-electron chi connectivity index (χ1n) is 6.87. The summed E-state index contributed by atoms with van der Waals surface area (Å²) in [5.74, 6) is 0.814. The minimum Gasteiger partial charge on any atom is -0.488 e. The Morgan fingerprint density at radius 2 is 1.95 bits per heavy atom. The molecule has 0 radical (unpaired) electrons. The molecule has 0 amide bonds. The Morgan fingerprint density at radius 1 is 1.14 bits per heavy atom. The Morgan fingerprint density at radius 3 is 2.62 bits per heavy atom. The lowest BCUT2D eigenvalue weighted by molar-refractivity contribution is 0.103. The number of hydrogen-bond donors (Lipinski definition) is 0. The third kappa shape index (κ3) is 3.63. The van der Waals surface area contributed by atoms with Crippen LogP contribution in [0.1, 0.15) is 22.3 Å². The normalized spacial score (nSPS) is 17.7. The molecule has 0 saturated carbocycles. The molecule has 108 valence electrons. The van der Waals surface area contributed by atoms with Crippen LogP contribution in [-0.4, -0.2) is 25.1 Å². The largest absolute Gasteiger partial charge is 0.488 e. The first-order valence-corrected chi connectivity index (χ1v) is 7.95. The minimum atomic E-state index is 0.0317. The molecule has 3 rings (SSSR count). The van der Waals surface area contributed by atoms with Gasteiger partial charge in [0.05, 0.1) is 13.2 Å². The van der Waals surface area contributed by atoms with Gasteiger partial charge in [-0.2, -0.15) is 0 Å². The average molecular weight is 394 g/mol. The van der Waals surface area contributed by atoms with E-state index in [0.29, 0.717) is 17.7 Å². The molecule has 1 heterocycles. The molecule has 2 aromatic carbocycles. The van der Waals surface area contributed by atoms with Crippen molar-refractivity contribution in [2.24, 2.45) is 0 Å². The summed E-state index contributed by atoms with van der Waals surface area (Å²) in [5, 5.41) is 0. The van der Waals surface area contributed by atoms with Gasteiger partial charge in [-0.3, -0.25) is 4.79 Å². The number of rotatable bonds is 4. The van der Waals surface area contributed by atoms with Crippen molar-refractivity contribution in [3.8, 4) is 5.75 Å². The summed E-state index contributed by atoms with van der Waals surface area (Å²) < 4.78 is 12.1. The van der Waals surface area contributed by atoms with Gasteiger partial charge in [0, 0.05) is 21.1 Å². The maximum absolute atomic E-state index is 12.4. The highest BCUT2D eigenvalue weighted by Gasteiger charge is 2.17. The van der Waals surface area contributed by atoms with Crippen LogP contribution < -0.4 is 4.74 Å². The second kappa shape index (κ2) is 6.58. The number of ketones is 1. The third-order valence-electron chi connectivity index (χ3n) is 3.39. The number of carbonyl (C=O) groups is 1. The van der Waals surface area contributed by atoms with Crippen molar-refractivity contribution in [1.29, 1.82) is 0 Å². The van der Waals surface area contributed by atoms with E-state index < -0.39 is 0 Å². The SMILES string of the molecule is O=C(c1ccc(O[C@H]2CCOC2)cc1)c1cccc(I)c1. The van der Waals surface area contributed by atoms with E-state index in [9.17, 15) is 4.79 Å². The van der Waals surface area contributed by atoms with E-state index in [-0.39, 0.29) is 11.9 Å². The highest BCUT2D eigenvalue weighted by molar-refractivity contribution is 14.1. The fourth-order valence-corrected chi connectivity index (χ4v) is 2.82. The van der Waals surface area contributed by atoms with Crippen molar-refractivity contribution in [3.63, 3.8) is 0 Å². The zero-order chi connectivity index (χ0) is 14.7. The van der Waals surface area contributed by atoms with Crippen LogP contribution in [0, 0.1) is 3.57 Å². The van der Waals surface area contributed by atoms with Crippen LogP contribution in [-0.2, 0) is 4.74 Å². The molecule has 0 N–H and O–H groups in total. The molecule has 0 unspecified atom stereocenters. The zero-order valence-electron chi connectivity index (χ0n) is 11.4. The van der Waals surface area contributed by atoms with Crippen LogP contribution >= 0.6 is 22.6 Å². The molecule has 0 bridgehead atoms. The van der Waals surface area contributed by atoms with Gasteiger partial charge in [-0.25, -0.2) is 0 Å². The maximum atomic E-state index is 12.4. The van der Waals surface area contributed by atoms with Gasteiger partial charge < -0.3 is 9.47 Å². The highest BCUT2D eigenvalue weighted by Crippen LogP contribution is 2.19. The van der Waals surface area contributed by atoms with Crippen LogP contribution in [0.3, 0.4) is 0 Å². The zero-order valence-corrected chi connectivity index (χ0v) is 13.6. The molecule has 1 fully saturated rings. The van der Waals surface area contributed by atoms with Gasteiger partial charge in [-0.05, 0) is 59.0 Å². The van der Waals surface area contributed by atoms with E-state index in [1.807, 2.05) is 48.5 Å². The highest BCUT2D eigenvalue weighted by atomic mass is 127. The number of benzene rings is 2. The van der Waals surface area contributed by atoms with E-state index in [1.165, 1.54) is 0 Å². The fraction of sp³-hybridized carbons (Fsp3) is 0.235. The summed E-state index contributed by atoms with van der Waals surface area (Å²) in [6, 6.07) is 14.9. The van der Waals surface area contributed by atoms with Crippen molar-refractivity contribution in [2.45, 2.75) is 12.5 Å². The predicted molar refractivity (Wildman–Crippen MR) is 88.9 cm³/mol. The lowest BCUT2D eigenvalue weighted by Crippen LogP contribution is -2.15. The molecule has 1 aliphatic heterocycles. The quantitative estimate of drug-likeness (QED) is 0.586. The van der Waals surface area contributed by atoms with Gasteiger partial charge in [0.1, 0.15) is 11.9 Å². The monoisotopic (exact) mass is 394 g/mol.